The summed E-state index contributed by atoms with van der Waals surface area (Å²) in [5.74, 6) is 0.550. The Bertz CT molecular complexity index is 860. The topological polar surface area (TPSA) is 63.9 Å². The second-order valence-corrected chi connectivity index (χ2v) is 9.87. The molecule has 3 saturated heterocycles. The molecule has 7 rings (SSSR count). The van der Waals surface area contributed by atoms with Crippen molar-refractivity contribution in [1.29, 1.82) is 0 Å². The highest BCUT2D eigenvalue weighted by molar-refractivity contribution is 5.92. The quantitative estimate of drug-likeness (QED) is 0.361. The normalized spacial score (nSPS) is 52.7. The minimum absolute atomic E-state index is 0.0600. The number of hydrogen-bond donors (Lipinski definition) is 0. The highest BCUT2D eigenvalue weighted by Crippen LogP contribution is 2.84. The summed E-state index contributed by atoms with van der Waals surface area (Å²) in [6.45, 7) is 19.7. The van der Waals surface area contributed by atoms with Crippen LogP contribution in [-0.2, 0) is 23.7 Å². The van der Waals surface area contributed by atoms with Gasteiger partial charge in [0.15, 0.2) is 5.60 Å². The van der Waals surface area contributed by atoms with Crippen LogP contribution in [0.1, 0.15) is 67.7 Å². The van der Waals surface area contributed by atoms with E-state index in [0.29, 0.717) is 18.4 Å². The molecular formula is C25H36O5. The Labute approximate surface area is 180 Å². The highest BCUT2D eigenvalue weighted by atomic mass is 16.7. The summed E-state index contributed by atoms with van der Waals surface area (Å²) in [4.78, 5) is 12.1. The van der Waals surface area contributed by atoms with Crippen molar-refractivity contribution >= 4 is 5.97 Å². The predicted octanol–water partition coefficient (Wildman–Crippen LogP) is 4.35. The van der Waals surface area contributed by atoms with E-state index in [-0.39, 0.29) is 46.5 Å². The van der Waals surface area contributed by atoms with E-state index in [9.17, 15) is 4.79 Å². The minimum atomic E-state index is -0.387. The van der Waals surface area contributed by atoms with Crippen LogP contribution in [0.3, 0.4) is 0 Å². The van der Waals surface area contributed by atoms with Crippen LogP contribution in [0.5, 0.6) is 0 Å². The molecule has 0 N–H and O–H groups in total. The summed E-state index contributed by atoms with van der Waals surface area (Å²) in [5.41, 5.74) is 2.18. The molecule has 0 aromatic heterocycles. The van der Waals surface area contributed by atoms with Crippen LogP contribution in [0.25, 0.3) is 0 Å². The molecule has 8 atom stereocenters. The molecule has 2 spiro atoms. The predicted molar refractivity (Wildman–Crippen MR) is 113 cm³/mol. The fourth-order valence-electron chi connectivity index (χ4n) is 7.68. The van der Waals surface area contributed by atoms with Crippen molar-refractivity contribution in [3.05, 3.63) is 23.3 Å². The van der Waals surface area contributed by atoms with Gasteiger partial charge >= 0.3 is 5.97 Å². The lowest BCUT2D eigenvalue weighted by Gasteiger charge is -2.52. The number of epoxide rings is 3. The van der Waals surface area contributed by atoms with E-state index in [1.807, 2.05) is 27.7 Å². The third-order valence-electron chi connectivity index (χ3n) is 9.05. The summed E-state index contributed by atoms with van der Waals surface area (Å²) < 4.78 is 24.8. The summed E-state index contributed by atoms with van der Waals surface area (Å²) in [5, 5.41) is 0. The molecular weight excluding hydrogens is 380 g/mol. The fraction of sp³-hybridized carbons (Fsp3) is 0.800. The number of carbonyl (C=O) groups is 1. The Balaban J connectivity index is 0.000000457. The third kappa shape index (κ3) is 1.83. The Morgan fingerprint density at radius 1 is 1.07 bits per heavy atom. The van der Waals surface area contributed by atoms with Crippen molar-refractivity contribution < 1.29 is 23.7 Å². The van der Waals surface area contributed by atoms with E-state index in [1.165, 1.54) is 5.57 Å². The standard InChI is InChI=1S/C21H24O5.2C2H6/c1-9(2)19-10(3)20-14(24-20)7-13-12-8-23-17(22)11(12)5-6-18(13,4)21(20)16(26-21)15(19)25-19;2*1-2/h9,13-16H,3,5-8H2,1-2,4H3;2*1-2H3/t13-,14-,15-,16-,18-,19+,20-,21+;;/m0../s1. The molecule has 0 unspecified atom stereocenters. The number of rotatable bonds is 1. The van der Waals surface area contributed by atoms with E-state index < -0.39 is 0 Å². The first kappa shape index (κ1) is 20.7. The zero-order chi connectivity index (χ0) is 21.9. The van der Waals surface area contributed by atoms with Gasteiger partial charge in [0.1, 0.15) is 30.0 Å². The molecule has 0 aromatic carbocycles. The van der Waals surface area contributed by atoms with Gasteiger partial charge in [-0.25, -0.2) is 4.79 Å². The maximum absolute atomic E-state index is 12.1. The van der Waals surface area contributed by atoms with Gasteiger partial charge in [0.2, 0.25) is 0 Å². The van der Waals surface area contributed by atoms with Gasteiger partial charge in [0.05, 0.1) is 6.10 Å². The van der Waals surface area contributed by atoms with Crippen molar-refractivity contribution in [2.24, 2.45) is 17.3 Å². The average Bonchev–Trinajstić information content (AvgIpc) is 3.65. The number of ether oxygens (including phenoxy) is 4. The molecule has 3 aliphatic carbocycles. The monoisotopic (exact) mass is 416 g/mol. The fourth-order valence-corrected chi connectivity index (χ4v) is 7.68. The Hall–Kier alpha value is -1.17. The molecule has 0 radical (unpaired) electrons. The van der Waals surface area contributed by atoms with E-state index in [4.69, 9.17) is 18.9 Å². The zero-order valence-corrected chi connectivity index (χ0v) is 19.5. The molecule has 5 fully saturated rings. The van der Waals surface area contributed by atoms with E-state index in [2.05, 4.69) is 27.4 Å². The minimum Gasteiger partial charge on any atom is -0.458 e. The van der Waals surface area contributed by atoms with Crippen LogP contribution in [-0.4, -0.2) is 47.7 Å². The lowest BCUT2D eigenvalue weighted by molar-refractivity contribution is -0.136. The van der Waals surface area contributed by atoms with Crippen molar-refractivity contribution in [2.45, 2.75) is 103 Å². The number of hydrogen-bond acceptors (Lipinski definition) is 5. The Kier molecular flexibility index (Phi) is 4.14. The lowest BCUT2D eigenvalue weighted by atomic mass is 9.46. The van der Waals surface area contributed by atoms with E-state index >= 15 is 0 Å². The molecule has 5 nitrogen and oxygen atoms in total. The molecule has 4 heterocycles. The van der Waals surface area contributed by atoms with Crippen molar-refractivity contribution in [2.75, 3.05) is 6.61 Å². The van der Waals surface area contributed by atoms with Gasteiger partial charge in [-0.2, -0.15) is 0 Å². The molecule has 4 aliphatic heterocycles. The third-order valence-corrected chi connectivity index (χ3v) is 9.05. The van der Waals surface area contributed by atoms with Gasteiger partial charge in [-0.15, -0.1) is 0 Å². The average molecular weight is 417 g/mol. The number of carbonyl (C=O) groups excluding carboxylic acids is 1. The van der Waals surface area contributed by atoms with Crippen molar-refractivity contribution in [3.63, 3.8) is 0 Å². The van der Waals surface area contributed by atoms with Gasteiger partial charge < -0.3 is 18.9 Å². The second-order valence-electron chi connectivity index (χ2n) is 9.87. The Morgan fingerprint density at radius 3 is 2.43 bits per heavy atom. The van der Waals surface area contributed by atoms with Crippen molar-refractivity contribution in [3.8, 4) is 0 Å². The summed E-state index contributed by atoms with van der Waals surface area (Å²) in [7, 11) is 0. The summed E-state index contributed by atoms with van der Waals surface area (Å²) in [6, 6.07) is 0. The Morgan fingerprint density at radius 2 is 1.77 bits per heavy atom. The largest absolute Gasteiger partial charge is 0.458 e. The van der Waals surface area contributed by atoms with Crippen LogP contribution in [0, 0.1) is 17.3 Å². The summed E-state index contributed by atoms with van der Waals surface area (Å²) in [6.07, 6.45) is 2.98. The number of esters is 1. The van der Waals surface area contributed by atoms with Crippen LogP contribution in [0.4, 0.5) is 0 Å². The van der Waals surface area contributed by atoms with Gasteiger partial charge in [-0.1, -0.05) is 55.0 Å². The summed E-state index contributed by atoms with van der Waals surface area (Å²) >= 11 is 0. The van der Waals surface area contributed by atoms with Crippen LogP contribution in [0.2, 0.25) is 0 Å². The van der Waals surface area contributed by atoms with E-state index in [0.717, 1.165) is 30.4 Å². The van der Waals surface area contributed by atoms with E-state index in [1.54, 1.807) is 0 Å². The smallest absolute Gasteiger partial charge is 0.334 e. The number of cyclic esters (lactones) is 1. The van der Waals surface area contributed by atoms with Crippen LogP contribution < -0.4 is 0 Å². The first-order valence-electron chi connectivity index (χ1n) is 12.0. The molecule has 0 aromatic rings. The molecule has 2 saturated carbocycles. The molecule has 7 aliphatic rings. The van der Waals surface area contributed by atoms with Gasteiger partial charge in [-0.05, 0) is 42.2 Å². The van der Waals surface area contributed by atoms with Crippen LogP contribution >= 0.6 is 0 Å². The van der Waals surface area contributed by atoms with Gasteiger partial charge in [0, 0.05) is 11.0 Å². The SMILES string of the molecule is C=C1[C@@]2(C(C)C)O[C@H]2[C@@H]2O[C@@]23[C@@]2(C)CCC4=C(COC4=O)[C@@H]2C[C@@H]2O[C@@]123.CC.CC. The number of fused-ring (bicyclic) bond motifs is 4. The molecule has 166 valence electrons. The molecule has 5 heteroatoms. The van der Waals surface area contributed by atoms with Crippen LogP contribution in [0.15, 0.2) is 23.3 Å². The maximum atomic E-state index is 12.1. The first-order chi connectivity index (χ1) is 14.3. The lowest BCUT2D eigenvalue weighted by Crippen LogP contribution is -2.64. The zero-order valence-electron chi connectivity index (χ0n) is 19.5. The second kappa shape index (κ2) is 5.99. The maximum Gasteiger partial charge on any atom is 0.334 e. The molecule has 0 amide bonds. The molecule has 0 bridgehead atoms. The molecule has 30 heavy (non-hydrogen) atoms. The van der Waals surface area contributed by atoms with Gasteiger partial charge in [-0.3, -0.25) is 0 Å². The first-order valence-corrected chi connectivity index (χ1v) is 12.0. The highest BCUT2D eigenvalue weighted by Gasteiger charge is 2.98. The van der Waals surface area contributed by atoms with Crippen molar-refractivity contribution in [1.82, 2.24) is 0 Å². The van der Waals surface area contributed by atoms with Gasteiger partial charge in [0.25, 0.3) is 0 Å².